The largest absolute Gasteiger partial charge is 0.478 e. The first-order valence-electron chi connectivity index (χ1n) is 9.56. The molecule has 2 N–H and O–H groups in total. The maximum Gasteiger partial charge on any atom is 0.339 e. The van der Waals surface area contributed by atoms with Gasteiger partial charge in [-0.15, -0.1) is 11.3 Å². The lowest BCUT2D eigenvalue weighted by atomic mass is 9.99. The number of benzene rings is 2. The molecule has 2 heterocycles. The molecule has 2 aromatic carbocycles. The van der Waals surface area contributed by atoms with Crippen molar-refractivity contribution >= 4 is 28.2 Å². The molecule has 0 radical (unpaired) electrons. The maximum absolute atomic E-state index is 12.9. The minimum absolute atomic E-state index is 0.144. The van der Waals surface area contributed by atoms with Crippen LogP contribution in [0.5, 0.6) is 0 Å². The molecule has 1 amide bonds. The van der Waals surface area contributed by atoms with Gasteiger partial charge in [-0.3, -0.25) is 9.69 Å². The van der Waals surface area contributed by atoms with Gasteiger partial charge in [-0.1, -0.05) is 54.6 Å². The quantitative estimate of drug-likeness (QED) is 0.655. The lowest BCUT2D eigenvalue weighted by Crippen LogP contribution is -2.44. The number of nitrogens with zero attached hydrogens (tertiary/aromatic N) is 1. The standard InChI is InChI=1S/C23H22N2O3S/c1-15(25-12-11-16-7-5-6-10-18(16)13-25)21(26)24-22-20(23(27)28)19(14-29-22)17-8-3-2-4-9-17/h2-10,14-15H,11-13H2,1H3,(H,24,26)(H,27,28). The predicted molar refractivity (Wildman–Crippen MR) is 115 cm³/mol. The highest BCUT2D eigenvalue weighted by atomic mass is 32.1. The average molecular weight is 407 g/mol. The number of hydrogen-bond acceptors (Lipinski definition) is 4. The van der Waals surface area contributed by atoms with Crippen molar-refractivity contribution in [1.82, 2.24) is 4.90 Å². The van der Waals surface area contributed by atoms with E-state index >= 15 is 0 Å². The number of anilines is 1. The smallest absolute Gasteiger partial charge is 0.339 e. The van der Waals surface area contributed by atoms with Crippen LogP contribution in [0.15, 0.2) is 60.0 Å². The minimum Gasteiger partial charge on any atom is -0.478 e. The molecule has 0 spiro atoms. The molecule has 0 aliphatic carbocycles. The third-order valence-electron chi connectivity index (χ3n) is 5.41. The maximum atomic E-state index is 12.9. The van der Waals surface area contributed by atoms with Crippen LogP contribution in [0.3, 0.4) is 0 Å². The number of carboxylic acids is 1. The molecule has 1 aliphatic rings. The molecular weight excluding hydrogens is 384 g/mol. The molecule has 29 heavy (non-hydrogen) atoms. The zero-order valence-electron chi connectivity index (χ0n) is 16.1. The Morgan fingerprint density at radius 3 is 2.48 bits per heavy atom. The molecule has 3 aromatic rings. The first kappa shape index (κ1) is 19.4. The summed E-state index contributed by atoms with van der Waals surface area (Å²) in [7, 11) is 0. The Kier molecular flexibility index (Phi) is 5.47. The highest BCUT2D eigenvalue weighted by molar-refractivity contribution is 7.15. The van der Waals surface area contributed by atoms with Crippen LogP contribution >= 0.6 is 11.3 Å². The van der Waals surface area contributed by atoms with Gasteiger partial charge in [0.05, 0.1) is 6.04 Å². The summed E-state index contributed by atoms with van der Waals surface area (Å²) in [6.07, 6.45) is 0.908. The number of amides is 1. The first-order valence-corrected chi connectivity index (χ1v) is 10.4. The summed E-state index contributed by atoms with van der Waals surface area (Å²) in [5, 5.41) is 14.8. The van der Waals surface area contributed by atoms with Crippen LogP contribution in [-0.4, -0.2) is 34.5 Å². The van der Waals surface area contributed by atoms with Gasteiger partial charge in [0, 0.05) is 24.0 Å². The molecule has 0 saturated heterocycles. The molecule has 5 nitrogen and oxygen atoms in total. The summed E-state index contributed by atoms with van der Waals surface area (Å²) in [4.78, 5) is 26.9. The molecule has 0 saturated carbocycles. The Morgan fingerprint density at radius 1 is 1.07 bits per heavy atom. The number of rotatable bonds is 5. The molecular formula is C23H22N2O3S. The molecule has 0 bridgehead atoms. The van der Waals surface area contributed by atoms with Crippen LogP contribution in [0, 0.1) is 0 Å². The van der Waals surface area contributed by atoms with Crippen LogP contribution in [0.25, 0.3) is 11.1 Å². The van der Waals surface area contributed by atoms with Gasteiger partial charge in [-0.2, -0.15) is 0 Å². The number of fused-ring (bicyclic) bond motifs is 1. The first-order chi connectivity index (χ1) is 14.0. The van der Waals surface area contributed by atoms with Crippen molar-refractivity contribution in [2.45, 2.75) is 25.9 Å². The van der Waals surface area contributed by atoms with Crippen molar-refractivity contribution in [2.75, 3.05) is 11.9 Å². The topological polar surface area (TPSA) is 69.6 Å². The summed E-state index contributed by atoms with van der Waals surface area (Å²) in [6.45, 7) is 3.39. The average Bonchev–Trinajstić information content (AvgIpc) is 3.17. The molecule has 0 fully saturated rings. The highest BCUT2D eigenvalue weighted by Crippen LogP contribution is 2.35. The van der Waals surface area contributed by atoms with Crippen molar-refractivity contribution in [3.63, 3.8) is 0 Å². The normalized spacial score (nSPS) is 14.8. The van der Waals surface area contributed by atoms with E-state index in [-0.39, 0.29) is 17.5 Å². The number of nitrogens with one attached hydrogen (secondary N) is 1. The van der Waals surface area contributed by atoms with E-state index < -0.39 is 5.97 Å². The summed E-state index contributed by atoms with van der Waals surface area (Å²) in [5.41, 5.74) is 4.16. The number of carbonyl (C=O) groups is 2. The summed E-state index contributed by atoms with van der Waals surface area (Å²) in [5.74, 6) is -1.23. The third-order valence-corrected chi connectivity index (χ3v) is 6.31. The summed E-state index contributed by atoms with van der Waals surface area (Å²) < 4.78 is 0. The van der Waals surface area contributed by atoms with Gasteiger partial charge in [0.15, 0.2) is 0 Å². The summed E-state index contributed by atoms with van der Waals surface area (Å²) in [6, 6.07) is 17.3. The number of carbonyl (C=O) groups excluding carboxylic acids is 1. The zero-order chi connectivity index (χ0) is 20.4. The fraction of sp³-hybridized carbons (Fsp3) is 0.217. The van der Waals surface area contributed by atoms with Crippen LogP contribution in [-0.2, 0) is 17.8 Å². The summed E-state index contributed by atoms with van der Waals surface area (Å²) >= 11 is 1.25. The van der Waals surface area contributed by atoms with Crippen molar-refractivity contribution in [2.24, 2.45) is 0 Å². The van der Waals surface area contributed by atoms with E-state index in [1.165, 1.54) is 22.5 Å². The highest BCUT2D eigenvalue weighted by Gasteiger charge is 2.27. The van der Waals surface area contributed by atoms with Gasteiger partial charge in [-0.05, 0) is 30.0 Å². The van der Waals surface area contributed by atoms with E-state index in [1.54, 1.807) is 5.38 Å². The van der Waals surface area contributed by atoms with Gasteiger partial charge < -0.3 is 10.4 Å². The van der Waals surface area contributed by atoms with E-state index in [9.17, 15) is 14.7 Å². The van der Waals surface area contributed by atoms with Crippen LogP contribution in [0.1, 0.15) is 28.4 Å². The second-order valence-electron chi connectivity index (χ2n) is 7.18. The Balaban J connectivity index is 1.53. The molecule has 6 heteroatoms. The third kappa shape index (κ3) is 3.95. The van der Waals surface area contributed by atoms with Crippen LogP contribution in [0.4, 0.5) is 5.00 Å². The molecule has 1 aromatic heterocycles. The molecule has 1 unspecified atom stereocenters. The zero-order valence-corrected chi connectivity index (χ0v) is 16.9. The van der Waals surface area contributed by atoms with E-state index in [0.29, 0.717) is 10.6 Å². The second kappa shape index (κ2) is 8.19. The SMILES string of the molecule is CC(C(=O)Nc1scc(-c2ccccc2)c1C(=O)O)N1CCc2ccccc2C1. The molecule has 1 aliphatic heterocycles. The lowest BCUT2D eigenvalue weighted by Gasteiger charge is -2.32. The molecule has 1 atom stereocenters. The van der Waals surface area contributed by atoms with Gasteiger partial charge in [0.1, 0.15) is 10.6 Å². The fourth-order valence-corrected chi connectivity index (χ4v) is 4.69. The van der Waals surface area contributed by atoms with E-state index in [0.717, 1.165) is 25.1 Å². The molecule has 148 valence electrons. The lowest BCUT2D eigenvalue weighted by molar-refractivity contribution is -0.121. The Hall–Kier alpha value is -2.96. The number of thiophene rings is 1. The Morgan fingerprint density at radius 2 is 1.76 bits per heavy atom. The Labute approximate surface area is 173 Å². The predicted octanol–water partition coefficient (Wildman–Crippen LogP) is 4.50. The molecule has 4 rings (SSSR count). The number of carboxylic acid groups (broad SMARTS) is 1. The fourth-order valence-electron chi connectivity index (χ4n) is 3.72. The van der Waals surface area contributed by atoms with Gasteiger partial charge >= 0.3 is 5.97 Å². The Bertz CT molecular complexity index is 1050. The van der Waals surface area contributed by atoms with Crippen LogP contribution in [0.2, 0.25) is 0 Å². The van der Waals surface area contributed by atoms with Crippen molar-refractivity contribution < 1.29 is 14.7 Å². The second-order valence-corrected chi connectivity index (χ2v) is 8.06. The van der Waals surface area contributed by atoms with Crippen molar-refractivity contribution in [1.29, 1.82) is 0 Å². The van der Waals surface area contributed by atoms with E-state index in [2.05, 4.69) is 22.3 Å². The van der Waals surface area contributed by atoms with E-state index in [1.807, 2.05) is 49.4 Å². The number of hydrogen-bond donors (Lipinski definition) is 2. The van der Waals surface area contributed by atoms with Gasteiger partial charge in [-0.25, -0.2) is 4.79 Å². The van der Waals surface area contributed by atoms with Crippen LogP contribution < -0.4 is 5.32 Å². The van der Waals surface area contributed by atoms with Crippen molar-refractivity contribution in [3.8, 4) is 11.1 Å². The van der Waals surface area contributed by atoms with Crippen molar-refractivity contribution in [3.05, 3.63) is 76.7 Å². The van der Waals surface area contributed by atoms with Gasteiger partial charge in [0.2, 0.25) is 5.91 Å². The monoisotopic (exact) mass is 406 g/mol. The minimum atomic E-state index is -1.04. The van der Waals surface area contributed by atoms with Gasteiger partial charge in [0.25, 0.3) is 0 Å². The number of aromatic carboxylic acids is 1. The van der Waals surface area contributed by atoms with E-state index in [4.69, 9.17) is 0 Å².